The number of unbranched alkanes of at least 4 members (excludes halogenated alkanes) is 3. The van der Waals surface area contributed by atoms with Gasteiger partial charge in [-0.05, 0) is 19.3 Å². The summed E-state index contributed by atoms with van der Waals surface area (Å²) in [6.07, 6.45) is 5.50. The molecule has 0 atom stereocenters. The van der Waals surface area contributed by atoms with Crippen LogP contribution in [-0.2, 0) is 4.74 Å². The lowest BCUT2D eigenvalue weighted by Crippen LogP contribution is -1.95. The summed E-state index contributed by atoms with van der Waals surface area (Å²) in [5.74, 6) is 0. The zero-order valence-electron chi connectivity index (χ0n) is 7.51. The van der Waals surface area contributed by atoms with Crippen molar-refractivity contribution in [1.82, 2.24) is 0 Å². The predicted octanol–water partition coefficient (Wildman–Crippen LogP) is 1.97. The Kier molecular flexibility index (Phi) is 9.85. The summed E-state index contributed by atoms with van der Waals surface area (Å²) in [5, 5.41) is 8.48. The number of rotatable bonds is 8. The third kappa shape index (κ3) is 9.92. The highest BCUT2D eigenvalue weighted by molar-refractivity contribution is 4.41. The van der Waals surface area contributed by atoms with E-state index in [2.05, 4.69) is 6.92 Å². The number of hydrogen-bond acceptors (Lipinski definition) is 2. The van der Waals surface area contributed by atoms with E-state index in [4.69, 9.17) is 9.84 Å². The van der Waals surface area contributed by atoms with Gasteiger partial charge in [0.25, 0.3) is 0 Å². The Morgan fingerprint density at radius 2 is 1.73 bits per heavy atom. The standard InChI is InChI=1S/C9H20O2/c1-2-8-11-9-6-4-3-5-7-10/h10H,2-9H2,1H3. The lowest BCUT2D eigenvalue weighted by molar-refractivity contribution is 0.130. The van der Waals surface area contributed by atoms with Gasteiger partial charge in [0.05, 0.1) is 0 Å². The molecular formula is C9H20O2. The Morgan fingerprint density at radius 1 is 1.00 bits per heavy atom. The molecule has 0 spiro atoms. The van der Waals surface area contributed by atoms with Crippen LogP contribution < -0.4 is 0 Å². The molecule has 0 heterocycles. The summed E-state index contributed by atoms with van der Waals surface area (Å²) in [4.78, 5) is 0. The van der Waals surface area contributed by atoms with Crippen molar-refractivity contribution in [3.05, 3.63) is 0 Å². The van der Waals surface area contributed by atoms with Crippen molar-refractivity contribution in [2.45, 2.75) is 39.0 Å². The lowest BCUT2D eigenvalue weighted by atomic mass is 10.2. The van der Waals surface area contributed by atoms with Crippen LogP contribution in [0, 0.1) is 0 Å². The molecule has 0 fully saturated rings. The van der Waals surface area contributed by atoms with Gasteiger partial charge >= 0.3 is 0 Å². The maximum atomic E-state index is 8.48. The van der Waals surface area contributed by atoms with Gasteiger partial charge in [0, 0.05) is 19.8 Å². The first kappa shape index (κ1) is 10.9. The van der Waals surface area contributed by atoms with Crippen LogP contribution in [0.25, 0.3) is 0 Å². The van der Waals surface area contributed by atoms with E-state index < -0.39 is 0 Å². The van der Waals surface area contributed by atoms with E-state index in [0.29, 0.717) is 6.61 Å². The van der Waals surface area contributed by atoms with E-state index in [1.54, 1.807) is 0 Å². The molecule has 0 saturated carbocycles. The zero-order chi connectivity index (χ0) is 8.36. The first-order valence-corrected chi connectivity index (χ1v) is 4.60. The quantitative estimate of drug-likeness (QED) is 0.550. The molecule has 0 aromatic heterocycles. The van der Waals surface area contributed by atoms with Gasteiger partial charge in [0.15, 0.2) is 0 Å². The van der Waals surface area contributed by atoms with Gasteiger partial charge in [-0.2, -0.15) is 0 Å². The summed E-state index contributed by atoms with van der Waals surface area (Å²) in [5.41, 5.74) is 0. The molecule has 2 nitrogen and oxygen atoms in total. The SMILES string of the molecule is CCCOCCCCCCO. The smallest absolute Gasteiger partial charge is 0.0466 e. The van der Waals surface area contributed by atoms with Crippen molar-refractivity contribution in [3.8, 4) is 0 Å². The lowest BCUT2D eigenvalue weighted by Gasteiger charge is -2.01. The fraction of sp³-hybridized carbons (Fsp3) is 1.00. The Balaban J connectivity index is 2.69. The monoisotopic (exact) mass is 160 g/mol. The Hall–Kier alpha value is -0.0800. The van der Waals surface area contributed by atoms with Gasteiger partial charge in [-0.1, -0.05) is 19.8 Å². The molecule has 2 heteroatoms. The van der Waals surface area contributed by atoms with Crippen LogP contribution in [0.2, 0.25) is 0 Å². The second kappa shape index (κ2) is 9.92. The average molecular weight is 160 g/mol. The largest absolute Gasteiger partial charge is 0.396 e. The van der Waals surface area contributed by atoms with E-state index in [0.717, 1.165) is 38.9 Å². The second-order valence-corrected chi connectivity index (χ2v) is 2.75. The molecule has 0 bridgehead atoms. The van der Waals surface area contributed by atoms with Gasteiger partial charge in [-0.25, -0.2) is 0 Å². The Morgan fingerprint density at radius 3 is 2.36 bits per heavy atom. The van der Waals surface area contributed by atoms with E-state index in [9.17, 15) is 0 Å². The number of aliphatic hydroxyl groups is 1. The topological polar surface area (TPSA) is 29.5 Å². The van der Waals surface area contributed by atoms with Crippen LogP contribution in [0.5, 0.6) is 0 Å². The van der Waals surface area contributed by atoms with Crippen LogP contribution in [0.4, 0.5) is 0 Å². The van der Waals surface area contributed by atoms with E-state index in [1.807, 2.05) is 0 Å². The van der Waals surface area contributed by atoms with Crippen LogP contribution in [-0.4, -0.2) is 24.9 Å². The zero-order valence-corrected chi connectivity index (χ0v) is 7.51. The minimum Gasteiger partial charge on any atom is -0.396 e. The van der Waals surface area contributed by atoms with Crippen molar-refractivity contribution in [2.24, 2.45) is 0 Å². The molecule has 0 saturated heterocycles. The normalized spacial score (nSPS) is 10.4. The highest BCUT2D eigenvalue weighted by atomic mass is 16.5. The Bertz CT molecular complexity index is 56.6. The van der Waals surface area contributed by atoms with Crippen molar-refractivity contribution in [1.29, 1.82) is 0 Å². The van der Waals surface area contributed by atoms with Crippen molar-refractivity contribution < 1.29 is 9.84 Å². The minimum atomic E-state index is 0.329. The van der Waals surface area contributed by atoms with E-state index >= 15 is 0 Å². The fourth-order valence-electron chi connectivity index (χ4n) is 0.916. The second-order valence-electron chi connectivity index (χ2n) is 2.75. The highest BCUT2D eigenvalue weighted by Crippen LogP contribution is 1.99. The van der Waals surface area contributed by atoms with Crippen LogP contribution >= 0.6 is 0 Å². The van der Waals surface area contributed by atoms with Crippen LogP contribution in [0.1, 0.15) is 39.0 Å². The van der Waals surface area contributed by atoms with Gasteiger partial charge in [-0.15, -0.1) is 0 Å². The van der Waals surface area contributed by atoms with Gasteiger partial charge in [0.1, 0.15) is 0 Å². The molecule has 0 unspecified atom stereocenters. The van der Waals surface area contributed by atoms with Gasteiger partial charge in [0.2, 0.25) is 0 Å². The highest BCUT2D eigenvalue weighted by Gasteiger charge is 1.88. The molecule has 0 amide bonds. The van der Waals surface area contributed by atoms with Crippen molar-refractivity contribution in [2.75, 3.05) is 19.8 Å². The van der Waals surface area contributed by atoms with Crippen LogP contribution in [0.15, 0.2) is 0 Å². The minimum absolute atomic E-state index is 0.329. The summed E-state index contributed by atoms with van der Waals surface area (Å²) in [7, 11) is 0. The molecule has 0 aromatic rings. The first-order valence-electron chi connectivity index (χ1n) is 4.60. The number of hydrogen-bond donors (Lipinski definition) is 1. The molecule has 68 valence electrons. The molecule has 0 aliphatic rings. The molecule has 11 heavy (non-hydrogen) atoms. The van der Waals surface area contributed by atoms with E-state index in [1.165, 1.54) is 6.42 Å². The molecule has 0 aromatic carbocycles. The fourth-order valence-corrected chi connectivity index (χ4v) is 0.916. The summed E-state index contributed by atoms with van der Waals surface area (Å²) in [6, 6.07) is 0. The Labute approximate surface area is 69.6 Å². The van der Waals surface area contributed by atoms with Gasteiger partial charge in [-0.3, -0.25) is 0 Å². The van der Waals surface area contributed by atoms with E-state index in [-0.39, 0.29) is 0 Å². The number of ether oxygens (including phenoxy) is 1. The molecule has 0 rings (SSSR count). The molecular weight excluding hydrogens is 140 g/mol. The molecule has 0 aliphatic carbocycles. The maximum Gasteiger partial charge on any atom is 0.0466 e. The van der Waals surface area contributed by atoms with Crippen molar-refractivity contribution in [3.63, 3.8) is 0 Å². The maximum absolute atomic E-state index is 8.48. The summed E-state index contributed by atoms with van der Waals surface area (Å²) < 4.78 is 5.30. The van der Waals surface area contributed by atoms with Gasteiger partial charge < -0.3 is 9.84 Å². The number of aliphatic hydroxyl groups excluding tert-OH is 1. The van der Waals surface area contributed by atoms with Crippen LogP contribution in [0.3, 0.4) is 0 Å². The third-order valence-corrected chi connectivity index (χ3v) is 1.55. The molecule has 0 radical (unpaired) electrons. The summed E-state index contributed by atoms with van der Waals surface area (Å²) >= 11 is 0. The predicted molar refractivity (Wildman–Crippen MR) is 46.7 cm³/mol. The average Bonchev–Trinajstić information content (AvgIpc) is 2.03. The summed E-state index contributed by atoms with van der Waals surface area (Å²) in [6.45, 7) is 4.22. The molecule has 1 N–H and O–H groups in total. The first-order chi connectivity index (χ1) is 5.41. The van der Waals surface area contributed by atoms with Crippen molar-refractivity contribution >= 4 is 0 Å². The molecule has 0 aliphatic heterocycles. The third-order valence-electron chi connectivity index (χ3n) is 1.55.